The first-order chi connectivity index (χ1) is 11.7. The minimum absolute atomic E-state index is 0.00438. The highest BCUT2D eigenvalue weighted by atomic mass is 16.2. The summed E-state index contributed by atoms with van der Waals surface area (Å²) in [7, 11) is 0. The number of pyridine rings is 1. The summed E-state index contributed by atoms with van der Waals surface area (Å²) in [5, 5.41) is 2.96. The molecule has 1 fully saturated rings. The van der Waals surface area contributed by atoms with Crippen LogP contribution in [0.5, 0.6) is 0 Å². The number of hydrogen-bond donors (Lipinski definition) is 1. The molecule has 1 aromatic heterocycles. The number of likely N-dealkylation sites (tertiary alicyclic amines) is 1. The molecule has 1 saturated heterocycles. The Labute approximate surface area is 141 Å². The van der Waals surface area contributed by atoms with E-state index in [0.717, 1.165) is 25.9 Å². The zero-order valence-corrected chi connectivity index (χ0v) is 13.9. The Morgan fingerprint density at radius 3 is 2.75 bits per heavy atom. The van der Waals surface area contributed by atoms with Gasteiger partial charge in [-0.3, -0.25) is 14.5 Å². The number of aryl methyl sites for hydroxylation is 1. The molecule has 0 saturated carbocycles. The second kappa shape index (κ2) is 7.45. The van der Waals surface area contributed by atoms with Crippen LogP contribution in [0.3, 0.4) is 0 Å². The van der Waals surface area contributed by atoms with Gasteiger partial charge in [-0.15, -0.1) is 0 Å². The molecule has 3 rings (SSSR count). The van der Waals surface area contributed by atoms with Crippen molar-refractivity contribution in [2.24, 2.45) is 0 Å². The molecular weight excluding hydrogens is 302 g/mol. The van der Waals surface area contributed by atoms with Crippen LogP contribution in [-0.4, -0.2) is 28.0 Å². The molecule has 5 nitrogen and oxygen atoms in total. The fourth-order valence-electron chi connectivity index (χ4n) is 3.21. The van der Waals surface area contributed by atoms with Gasteiger partial charge in [-0.05, 0) is 37.9 Å². The SMILES string of the molecule is CCn1cc(NC(=O)C2CCCN2Cc2ccccc2)ccc1=O. The number of anilines is 1. The maximum atomic E-state index is 12.7. The van der Waals surface area contributed by atoms with Gasteiger partial charge in [0.1, 0.15) is 0 Å². The van der Waals surface area contributed by atoms with Gasteiger partial charge in [0.15, 0.2) is 0 Å². The molecule has 1 atom stereocenters. The van der Waals surface area contributed by atoms with E-state index in [1.165, 1.54) is 11.6 Å². The lowest BCUT2D eigenvalue weighted by Crippen LogP contribution is -2.39. The topological polar surface area (TPSA) is 54.3 Å². The number of hydrogen-bond acceptors (Lipinski definition) is 3. The lowest BCUT2D eigenvalue weighted by molar-refractivity contribution is -0.120. The van der Waals surface area contributed by atoms with Crippen LogP contribution in [0.4, 0.5) is 5.69 Å². The van der Waals surface area contributed by atoms with Gasteiger partial charge in [0.05, 0.1) is 11.7 Å². The first kappa shape index (κ1) is 16.5. The quantitative estimate of drug-likeness (QED) is 0.919. The van der Waals surface area contributed by atoms with Crippen LogP contribution in [0.1, 0.15) is 25.3 Å². The van der Waals surface area contributed by atoms with Crippen LogP contribution in [0.25, 0.3) is 0 Å². The van der Waals surface area contributed by atoms with Crippen molar-refractivity contribution in [3.8, 4) is 0 Å². The van der Waals surface area contributed by atoms with E-state index in [4.69, 9.17) is 0 Å². The summed E-state index contributed by atoms with van der Waals surface area (Å²) >= 11 is 0. The molecule has 1 aliphatic rings. The fourth-order valence-corrected chi connectivity index (χ4v) is 3.21. The van der Waals surface area contributed by atoms with E-state index in [0.29, 0.717) is 12.2 Å². The summed E-state index contributed by atoms with van der Waals surface area (Å²) in [5.74, 6) is 0.00438. The monoisotopic (exact) mass is 325 g/mol. The van der Waals surface area contributed by atoms with Crippen molar-refractivity contribution in [3.05, 3.63) is 64.6 Å². The molecule has 1 unspecified atom stereocenters. The summed E-state index contributed by atoms with van der Waals surface area (Å²) in [5.41, 5.74) is 1.84. The fraction of sp³-hybridized carbons (Fsp3) is 0.368. The number of aromatic nitrogens is 1. The normalized spacial score (nSPS) is 17.8. The van der Waals surface area contributed by atoms with Crippen molar-refractivity contribution in [2.45, 2.75) is 38.9 Å². The van der Waals surface area contributed by atoms with Crippen LogP contribution in [0, 0.1) is 0 Å². The van der Waals surface area contributed by atoms with E-state index in [1.54, 1.807) is 16.8 Å². The van der Waals surface area contributed by atoms with Gasteiger partial charge in [0.25, 0.3) is 5.56 Å². The number of benzene rings is 1. The van der Waals surface area contributed by atoms with Crippen LogP contribution < -0.4 is 10.9 Å². The van der Waals surface area contributed by atoms with Crippen molar-refractivity contribution >= 4 is 11.6 Å². The predicted octanol–water partition coefficient (Wildman–Crippen LogP) is 2.47. The molecule has 126 valence electrons. The Balaban J connectivity index is 1.68. The largest absolute Gasteiger partial charge is 0.323 e. The minimum Gasteiger partial charge on any atom is -0.323 e. The Kier molecular flexibility index (Phi) is 5.11. The molecule has 5 heteroatoms. The van der Waals surface area contributed by atoms with Crippen molar-refractivity contribution in [1.82, 2.24) is 9.47 Å². The molecule has 1 aromatic carbocycles. The summed E-state index contributed by atoms with van der Waals surface area (Å²) in [4.78, 5) is 26.5. The smallest absolute Gasteiger partial charge is 0.250 e. The van der Waals surface area contributed by atoms with E-state index in [2.05, 4.69) is 22.3 Å². The number of rotatable bonds is 5. The van der Waals surface area contributed by atoms with Gasteiger partial charge in [-0.1, -0.05) is 30.3 Å². The Morgan fingerprint density at radius 1 is 1.21 bits per heavy atom. The number of amides is 1. The van der Waals surface area contributed by atoms with Crippen molar-refractivity contribution < 1.29 is 4.79 Å². The van der Waals surface area contributed by atoms with E-state index >= 15 is 0 Å². The zero-order valence-electron chi connectivity index (χ0n) is 13.9. The van der Waals surface area contributed by atoms with Crippen molar-refractivity contribution in [1.29, 1.82) is 0 Å². The third kappa shape index (κ3) is 3.74. The molecule has 1 amide bonds. The van der Waals surface area contributed by atoms with Gasteiger partial charge >= 0.3 is 0 Å². The Bertz CT molecular complexity index is 755. The number of nitrogens with zero attached hydrogens (tertiary/aromatic N) is 2. The van der Waals surface area contributed by atoms with E-state index in [1.807, 2.05) is 25.1 Å². The molecule has 1 N–H and O–H groups in total. The second-order valence-corrected chi connectivity index (χ2v) is 6.15. The highest BCUT2D eigenvalue weighted by Crippen LogP contribution is 2.21. The van der Waals surface area contributed by atoms with Gasteiger partial charge in [0.2, 0.25) is 5.91 Å². The van der Waals surface area contributed by atoms with Gasteiger partial charge in [-0.25, -0.2) is 0 Å². The first-order valence-electron chi connectivity index (χ1n) is 8.46. The van der Waals surface area contributed by atoms with Crippen LogP contribution in [-0.2, 0) is 17.9 Å². The minimum atomic E-state index is -0.118. The lowest BCUT2D eigenvalue weighted by atomic mass is 10.1. The van der Waals surface area contributed by atoms with E-state index < -0.39 is 0 Å². The molecule has 0 radical (unpaired) electrons. The van der Waals surface area contributed by atoms with Crippen LogP contribution >= 0.6 is 0 Å². The standard InChI is InChI=1S/C19H23N3O2/c1-2-21-14-16(10-11-18(21)23)20-19(24)17-9-6-12-22(17)13-15-7-4-3-5-8-15/h3-5,7-8,10-11,14,17H,2,6,9,12-13H2,1H3,(H,20,24). The number of carbonyl (C=O) groups is 1. The molecule has 0 bridgehead atoms. The summed E-state index contributed by atoms with van der Waals surface area (Å²) < 4.78 is 1.59. The van der Waals surface area contributed by atoms with Crippen LogP contribution in [0.2, 0.25) is 0 Å². The average Bonchev–Trinajstić information content (AvgIpc) is 3.05. The zero-order chi connectivity index (χ0) is 16.9. The first-order valence-corrected chi connectivity index (χ1v) is 8.46. The molecule has 2 aromatic rings. The number of carbonyl (C=O) groups excluding carboxylic acids is 1. The third-order valence-corrected chi connectivity index (χ3v) is 4.49. The Hall–Kier alpha value is -2.40. The maximum absolute atomic E-state index is 12.7. The summed E-state index contributed by atoms with van der Waals surface area (Å²) in [6.07, 6.45) is 3.60. The van der Waals surface area contributed by atoms with Gasteiger partial charge < -0.3 is 9.88 Å². The molecule has 0 spiro atoms. The average molecular weight is 325 g/mol. The predicted molar refractivity (Wildman–Crippen MR) is 94.9 cm³/mol. The second-order valence-electron chi connectivity index (χ2n) is 6.15. The number of nitrogens with one attached hydrogen (secondary N) is 1. The van der Waals surface area contributed by atoms with Crippen LogP contribution in [0.15, 0.2) is 53.5 Å². The highest BCUT2D eigenvalue weighted by molar-refractivity contribution is 5.94. The van der Waals surface area contributed by atoms with Crippen molar-refractivity contribution in [3.63, 3.8) is 0 Å². The summed E-state index contributed by atoms with van der Waals surface area (Å²) in [6, 6.07) is 13.3. The molecular formula is C19H23N3O2. The maximum Gasteiger partial charge on any atom is 0.250 e. The molecule has 2 heterocycles. The van der Waals surface area contributed by atoms with Gasteiger partial charge in [-0.2, -0.15) is 0 Å². The molecule has 24 heavy (non-hydrogen) atoms. The van der Waals surface area contributed by atoms with E-state index in [-0.39, 0.29) is 17.5 Å². The lowest BCUT2D eigenvalue weighted by Gasteiger charge is -2.23. The molecule has 1 aliphatic heterocycles. The van der Waals surface area contributed by atoms with Crippen molar-refractivity contribution in [2.75, 3.05) is 11.9 Å². The summed E-state index contributed by atoms with van der Waals surface area (Å²) in [6.45, 7) is 4.21. The highest BCUT2D eigenvalue weighted by Gasteiger charge is 2.30. The van der Waals surface area contributed by atoms with Gasteiger partial charge in [0, 0.05) is 25.4 Å². The molecule has 0 aliphatic carbocycles. The third-order valence-electron chi connectivity index (χ3n) is 4.49. The Morgan fingerprint density at radius 2 is 2.00 bits per heavy atom. The van der Waals surface area contributed by atoms with E-state index in [9.17, 15) is 9.59 Å².